The first kappa shape index (κ1) is 18.2. The van der Waals surface area contributed by atoms with E-state index in [2.05, 4.69) is 10.1 Å². The zero-order valence-corrected chi connectivity index (χ0v) is 13.9. The lowest BCUT2D eigenvalue weighted by Gasteiger charge is -2.07. The Morgan fingerprint density at radius 2 is 1.64 bits per heavy atom. The standard InChI is InChI=1S/C19H19NO5/c1-24-19(23)15-7-9-16(10-8-15)25-18(22)11-12-20-17(21)13-14-5-3-2-4-6-14/h2-10H,11-13H2,1H3,(H,20,21). The van der Waals surface area contributed by atoms with Crippen LogP contribution in [0.15, 0.2) is 54.6 Å². The van der Waals surface area contributed by atoms with Crippen LogP contribution in [-0.4, -0.2) is 31.5 Å². The molecule has 0 unspecified atom stereocenters. The SMILES string of the molecule is COC(=O)c1ccc(OC(=O)CCNC(=O)Cc2ccccc2)cc1. The van der Waals surface area contributed by atoms with Crippen LogP contribution in [0.25, 0.3) is 0 Å². The molecule has 0 aliphatic heterocycles. The molecule has 0 atom stereocenters. The van der Waals surface area contributed by atoms with Crippen molar-refractivity contribution >= 4 is 17.8 Å². The van der Waals surface area contributed by atoms with Gasteiger partial charge in [0.1, 0.15) is 5.75 Å². The number of amides is 1. The molecule has 0 fully saturated rings. The van der Waals surface area contributed by atoms with Crippen LogP contribution in [0.1, 0.15) is 22.3 Å². The molecule has 0 radical (unpaired) electrons. The highest BCUT2D eigenvalue weighted by molar-refractivity contribution is 5.89. The van der Waals surface area contributed by atoms with Gasteiger partial charge in [0.2, 0.25) is 5.91 Å². The summed E-state index contributed by atoms with van der Waals surface area (Å²) in [6.07, 6.45) is 0.324. The fraction of sp³-hybridized carbons (Fsp3) is 0.211. The van der Waals surface area contributed by atoms with E-state index in [0.29, 0.717) is 11.3 Å². The highest BCUT2D eigenvalue weighted by atomic mass is 16.5. The van der Waals surface area contributed by atoms with E-state index in [4.69, 9.17) is 4.74 Å². The lowest BCUT2D eigenvalue weighted by Crippen LogP contribution is -2.28. The third-order valence-electron chi connectivity index (χ3n) is 3.37. The summed E-state index contributed by atoms with van der Waals surface area (Å²) in [5.41, 5.74) is 1.28. The Morgan fingerprint density at radius 1 is 0.960 bits per heavy atom. The van der Waals surface area contributed by atoms with Gasteiger partial charge in [0, 0.05) is 6.54 Å². The summed E-state index contributed by atoms with van der Waals surface area (Å²) < 4.78 is 9.73. The van der Waals surface area contributed by atoms with Crippen molar-refractivity contribution in [3.05, 3.63) is 65.7 Å². The minimum atomic E-state index is -0.467. The highest BCUT2D eigenvalue weighted by Crippen LogP contribution is 2.13. The second-order valence-corrected chi connectivity index (χ2v) is 5.25. The molecule has 0 aliphatic rings. The minimum absolute atomic E-state index is 0.0548. The maximum Gasteiger partial charge on any atom is 0.337 e. The largest absolute Gasteiger partial charge is 0.465 e. The number of hydrogen-bond acceptors (Lipinski definition) is 5. The van der Waals surface area contributed by atoms with Crippen molar-refractivity contribution in [3.63, 3.8) is 0 Å². The van der Waals surface area contributed by atoms with Crippen molar-refractivity contribution in [2.45, 2.75) is 12.8 Å². The molecule has 0 aliphatic carbocycles. The maximum absolute atomic E-state index is 11.8. The molecule has 2 aromatic rings. The molecule has 0 saturated heterocycles. The molecule has 2 aromatic carbocycles. The van der Waals surface area contributed by atoms with Gasteiger partial charge in [-0.05, 0) is 29.8 Å². The lowest BCUT2D eigenvalue weighted by molar-refractivity contribution is -0.134. The van der Waals surface area contributed by atoms with Crippen molar-refractivity contribution < 1.29 is 23.9 Å². The van der Waals surface area contributed by atoms with Gasteiger partial charge in [0.05, 0.1) is 25.5 Å². The van der Waals surface area contributed by atoms with E-state index in [0.717, 1.165) is 5.56 Å². The van der Waals surface area contributed by atoms with Gasteiger partial charge in [-0.2, -0.15) is 0 Å². The number of hydrogen-bond donors (Lipinski definition) is 1. The molecule has 0 saturated carbocycles. The van der Waals surface area contributed by atoms with Crippen molar-refractivity contribution in [3.8, 4) is 5.75 Å². The maximum atomic E-state index is 11.8. The quantitative estimate of drug-likeness (QED) is 0.616. The van der Waals surface area contributed by atoms with Crippen LogP contribution in [0.4, 0.5) is 0 Å². The van der Waals surface area contributed by atoms with Crippen molar-refractivity contribution in [1.82, 2.24) is 5.32 Å². The number of carbonyl (C=O) groups is 3. The van der Waals surface area contributed by atoms with Gasteiger partial charge in [-0.3, -0.25) is 9.59 Å². The summed E-state index contributed by atoms with van der Waals surface area (Å²) in [5.74, 6) is -0.750. The molecule has 6 nitrogen and oxygen atoms in total. The van der Waals surface area contributed by atoms with Gasteiger partial charge in [-0.25, -0.2) is 4.79 Å². The van der Waals surface area contributed by atoms with Gasteiger partial charge >= 0.3 is 11.9 Å². The Kier molecular flexibility index (Phi) is 6.71. The smallest absolute Gasteiger partial charge is 0.337 e. The van der Waals surface area contributed by atoms with E-state index in [-0.39, 0.29) is 25.3 Å². The molecule has 25 heavy (non-hydrogen) atoms. The van der Waals surface area contributed by atoms with Gasteiger partial charge < -0.3 is 14.8 Å². The number of carbonyl (C=O) groups excluding carboxylic acids is 3. The van der Waals surface area contributed by atoms with Crippen LogP contribution in [0.2, 0.25) is 0 Å². The number of rotatable bonds is 7. The van der Waals surface area contributed by atoms with E-state index in [1.54, 1.807) is 0 Å². The van der Waals surface area contributed by atoms with Crippen LogP contribution < -0.4 is 10.1 Å². The van der Waals surface area contributed by atoms with E-state index in [9.17, 15) is 14.4 Å². The van der Waals surface area contributed by atoms with Gasteiger partial charge in [-0.1, -0.05) is 30.3 Å². The molecular weight excluding hydrogens is 322 g/mol. The number of benzene rings is 2. The third kappa shape index (κ3) is 6.10. The zero-order chi connectivity index (χ0) is 18.1. The fourth-order valence-corrected chi connectivity index (χ4v) is 2.11. The normalized spacial score (nSPS) is 9.96. The topological polar surface area (TPSA) is 81.7 Å². The Bertz CT molecular complexity index is 725. The predicted molar refractivity (Wildman–Crippen MR) is 91.2 cm³/mol. The minimum Gasteiger partial charge on any atom is -0.465 e. The zero-order valence-electron chi connectivity index (χ0n) is 13.9. The summed E-state index contributed by atoms with van der Waals surface area (Å²) in [6.45, 7) is 0.199. The molecule has 0 heterocycles. The molecule has 0 bridgehead atoms. The van der Waals surface area contributed by atoms with Crippen LogP contribution in [-0.2, 0) is 20.7 Å². The van der Waals surface area contributed by atoms with Crippen LogP contribution in [0.3, 0.4) is 0 Å². The average Bonchev–Trinajstić information content (AvgIpc) is 2.62. The van der Waals surface area contributed by atoms with Gasteiger partial charge in [0.25, 0.3) is 0 Å². The average molecular weight is 341 g/mol. The molecular formula is C19H19NO5. The lowest BCUT2D eigenvalue weighted by atomic mass is 10.1. The first-order valence-corrected chi connectivity index (χ1v) is 7.78. The van der Waals surface area contributed by atoms with E-state index < -0.39 is 11.9 Å². The Balaban J connectivity index is 1.71. The Labute approximate surface area is 145 Å². The summed E-state index contributed by atoms with van der Waals surface area (Å²) in [7, 11) is 1.29. The molecule has 1 N–H and O–H groups in total. The van der Waals surface area contributed by atoms with Gasteiger partial charge in [-0.15, -0.1) is 0 Å². The summed E-state index contributed by atoms with van der Waals surface area (Å²) >= 11 is 0. The summed E-state index contributed by atoms with van der Waals surface area (Å²) in [5, 5.41) is 2.68. The van der Waals surface area contributed by atoms with Crippen LogP contribution in [0.5, 0.6) is 5.75 Å². The molecule has 1 amide bonds. The molecule has 2 rings (SSSR count). The first-order chi connectivity index (χ1) is 12.1. The molecule has 0 spiro atoms. The second-order valence-electron chi connectivity index (χ2n) is 5.25. The van der Waals surface area contributed by atoms with Gasteiger partial charge in [0.15, 0.2) is 0 Å². The van der Waals surface area contributed by atoms with Crippen LogP contribution >= 0.6 is 0 Å². The first-order valence-electron chi connectivity index (χ1n) is 7.78. The number of nitrogens with one attached hydrogen (secondary N) is 1. The summed E-state index contributed by atoms with van der Waals surface area (Å²) in [4.78, 5) is 34.9. The Hall–Kier alpha value is -3.15. The third-order valence-corrected chi connectivity index (χ3v) is 3.37. The number of methoxy groups -OCH3 is 1. The van der Waals surface area contributed by atoms with Crippen molar-refractivity contribution in [2.24, 2.45) is 0 Å². The van der Waals surface area contributed by atoms with E-state index >= 15 is 0 Å². The van der Waals surface area contributed by atoms with E-state index in [1.807, 2.05) is 30.3 Å². The highest BCUT2D eigenvalue weighted by Gasteiger charge is 2.09. The predicted octanol–water partition coefficient (Wildman–Crippen LogP) is 2.13. The van der Waals surface area contributed by atoms with Crippen molar-refractivity contribution in [2.75, 3.05) is 13.7 Å². The van der Waals surface area contributed by atoms with E-state index in [1.165, 1.54) is 31.4 Å². The summed E-state index contributed by atoms with van der Waals surface area (Å²) in [6, 6.07) is 15.4. The van der Waals surface area contributed by atoms with Crippen LogP contribution in [0, 0.1) is 0 Å². The Morgan fingerprint density at radius 3 is 2.28 bits per heavy atom. The molecule has 130 valence electrons. The monoisotopic (exact) mass is 341 g/mol. The number of ether oxygens (including phenoxy) is 2. The number of esters is 2. The molecule has 6 heteroatoms. The fourth-order valence-electron chi connectivity index (χ4n) is 2.11. The van der Waals surface area contributed by atoms with Crippen molar-refractivity contribution in [1.29, 1.82) is 0 Å². The molecule has 0 aromatic heterocycles. The second kappa shape index (κ2) is 9.22.